The van der Waals surface area contributed by atoms with E-state index in [-0.39, 0.29) is 17.5 Å². The summed E-state index contributed by atoms with van der Waals surface area (Å²) in [5.41, 5.74) is 3.04. The van der Waals surface area contributed by atoms with Crippen LogP contribution in [0.2, 0.25) is 0 Å². The summed E-state index contributed by atoms with van der Waals surface area (Å²) in [7, 11) is 3.18. The Morgan fingerprint density at radius 1 is 1.00 bits per heavy atom. The SMILES string of the molecule is COc1ccc(CCNC(=O)c2ccc3nc(-c4ccccc4NC(C)=O)c(=O)[nH]c3c2)c(OC)c1. The highest BCUT2D eigenvalue weighted by atomic mass is 16.5. The van der Waals surface area contributed by atoms with E-state index in [0.717, 1.165) is 5.56 Å². The Balaban J connectivity index is 1.52. The molecule has 4 aromatic rings. The van der Waals surface area contributed by atoms with Crippen molar-refractivity contribution in [1.82, 2.24) is 15.3 Å². The molecule has 36 heavy (non-hydrogen) atoms. The highest BCUT2D eigenvalue weighted by Gasteiger charge is 2.14. The van der Waals surface area contributed by atoms with Gasteiger partial charge in [0.2, 0.25) is 5.91 Å². The molecular formula is C27H26N4O5. The second kappa shape index (κ2) is 10.7. The number of fused-ring (bicyclic) bond motifs is 1. The number of rotatable bonds is 8. The minimum atomic E-state index is -0.426. The van der Waals surface area contributed by atoms with E-state index >= 15 is 0 Å². The molecule has 2 amide bonds. The Hall–Kier alpha value is -4.66. The third-order valence-corrected chi connectivity index (χ3v) is 5.62. The van der Waals surface area contributed by atoms with Gasteiger partial charge in [0.15, 0.2) is 0 Å². The number of aromatic nitrogens is 2. The molecule has 0 radical (unpaired) electrons. The average molecular weight is 487 g/mol. The molecule has 0 atom stereocenters. The molecule has 0 spiro atoms. The molecule has 4 rings (SSSR count). The van der Waals surface area contributed by atoms with Crippen LogP contribution in [0.15, 0.2) is 65.5 Å². The fourth-order valence-electron chi connectivity index (χ4n) is 3.87. The number of H-pyrrole nitrogens is 1. The van der Waals surface area contributed by atoms with Gasteiger partial charge in [-0.05, 0) is 42.3 Å². The number of hydrogen-bond donors (Lipinski definition) is 3. The predicted octanol–water partition coefficient (Wildman–Crippen LogP) is 3.54. The highest BCUT2D eigenvalue weighted by molar-refractivity contribution is 5.98. The van der Waals surface area contributed by atoms with E-state index in [9.17, 15) is 14.4 Å². The topological polar surface area (TPSA) is 122 Å². The number of amides is 2. The molecule has 3 N–H and O–H groups in total. The Morgan fingerprint density at radius 3 is 2.56 bits per heavy atom. The Labute approximate surface area is 207 Å². The van der Waals surface area contributed by atoms with Gasteiger partial charge >= 0.3 is 0 Å². The highest BCUT2D eigenvalue weighted by Crippen LogP contribution is 2.26. The number of nitrogens with one attached hydrogen (secondary N) is 3. The lowest BCUT2D eigenvalue weighted by atomic mass is 10.1. The molecule has 3 aromatic carbocycles. The maximum Gasteiger partial charge on any atom is 0.275 e. The zero-order chi connectivity index (χ0) is 25.7. The summed E-state index contributed by atoms with van der Waals surface area (Å²) >= 11 is 0. The van der Waals surface area contributed by atoms with Crippen LogP contribution in [-0.4, -0.2) is 42.5 Å². The van der Waals surface area contributed by atoms with Crippen LogP contribution in [0.3, 0.4) is 0 Å². The van der Waals surface area contributed by atoms with Crippen LogP contribution in [-0.2, 0) is 11.2 Å². The van der Waals surface area contributed by atoms with E-state index in [4.69, 9.17) is 9.47 Å². The molecule has 184 valence electrons. The molecule has 0 saturated heterocycles. The number of carbonyl (C=O) groups excluding carboxylic acids is 2. The summed E-state index contributed by atoms with van der Waals surface area (Å²) in [6.07, 6.45) is 0.571. The first kappa shape index (κ1) is 24.5. The molecule has 0 aliphatic heterocycles. The summed E-state index contributed by atoms with van der Waals surface area (Å²) in [4.78, 5) is 44.4. The quantitative estimate of drug-likeness (QED) is 0.350. The maximum absolute atomic E-state index is 12.8. The summed E-state index contributed by atoms with van der Waals surface area (Å²) in [6, 6.07) is 17.4. The van der Waals surface area contributed by atoms with Crippen LogP contribution in [0.1, 0.15) is 22.8 Å². The molecule has 0 aliphatic carbocycles. The third-order valence-electron chi connectivity index (χ3n) is 5.62. The number of anilines is 1. The lowest BCUT2D eigenvalue weighted by molar-refractivity contribution is -0.114. The van der Waals surface area contributed by atoms with Gasteiger partial charge in [0.25, 0.3) is 11.5 Å². The summed E-state index contributed by atoms with van der Waals surface area (Å²) in [5, 5.41) is 5.61. The molecule has 0 saturated carbocycles. The number of hydrogen-bond acceptors (Lipinski definition) is 6. The second-order valence-corrected chi connectivity index (χ2v) is 8.06. The van der Waals surface area contributed by atoms with Crippen molar-refractivity contribution in [3.63, 3.8) is 0 Å². The standard InChI is InChI=1S/C27H26N4O5/c1-16(32)29-21-7-5-4-6-20(21)25-27(34)31-23-14-18(9-11-22(23)30-25)26(33)28-13-12-17-8-10-19(35-2)15-24(17)36-3/h4-11,14-15H,12-13H2,1-3H3,(H,28,33)(H,29,32)(H,31,34). The van der Waals surface area contributed by atoms with Gasteiger partial charge < -0.3 is 25.1 Å². The molecule has 0 fully saturated rings. The Morgan fingerprint density at radius 2 is 1.81 bits per heavy atom. The summed E-state index contributed by atoms with van der Waals surface area (Å²) in [6.45, 7) is 1.79. The first-order chi connectivity index (χ1) is 17.4. The second-order valence-electron chi connectivity index (χ2n) is 8.06. The molecule has 9 heteroatoms. The average Bonchev–Trinajstić information content (AvgIpc) is 2.88. The van der Waals surface area contributed by atoms with Crippen molar-refractivity contribution < 1.29 is 19.1 Å². The van der Waals surface area contributed by atoms with Gasteiger partial charge in [-0.3, -0.25) is 14.4 Å². The van der Waals surface area contributed by atoms with Crippen LogP contribution in [0.5, 0.6) is 11.5 Å². The van der Waals surface area contributed by atoms with E-state index in [2.05, 4.69) is 20.6 Å². The zero-order valence-corrected chi connectivity index (χ0v) is 20.2. The van der Waals surface area contributed by atoms with E-state index in [1.165, 1.54) is 6.92 Å². The molecule has 0 bridgehead atoms. The monoisotopic (exact) mass is 486 g/mol. The Kier molecular flexibility index (Phi) is 7.29. The van der Waals surface area contributed by atoms with Crippen LogP contribution in [0, 0.1) is 0 Å². The van der Waals surface area contributed by atoms with Crippen molar-refractivity contribution in [2.75, 3.05) is 26.1 Å². The van der Waals surface area contributed by atoms with Gasteiger partial charge in [0.1, 0.15) is 17.2 Å². The summed E-state index contributed by atoms with van der Waals surface area (Å²) in [5.74, 6) is 0.861. The van der Waals surface area contributed by atoms with Crippen molar-refractivity contribution in [2.24, 2.45) is 0 Å². The number of benzene rings is 3. The first-order valence-electron chi connectivity index (χ1n) is 11.3. The van der Waals surface area contributed by atoms with Gasteiger partial charge in [-0.2, -0.15) is 0 Å². The van der Waals surface area contributed by atoms with Gasteiger partial charge in [0, 0.05) is 30.7 Å². The van der Waals surface area contributed by atoms with Crippen LogP contribution >= 0.6 is 0 Å². The normalized spacial score (nSPS) is 10.6. The lowest BCUT2D eigenvalue weighted by Crippen LogP contribution is -2.26. The number of para-hydroxylation sites is 1. The third kappa shape index (κ3) is 5.35. The zero-order valence-electron chi connectivity index (χ0n) is 20.2. The molecule has 1 aromatic heterocycles. The van der Waals surface area contributed by atoms with Crippen molar-refractivity contribution >= 4 is 28.5 Å². The Bertz CT molecular complexity index is 1500. The van der Waals surface area contributed by atoms with Crippen molar-refractivity contribution in [3.8, 4) is 22.8 Å². The number of carbonyl (C=O) groups is 2. The van der Waals surface area contributed by atoms with Gasteiger partial charge in [0.05, 0.1) is 30.9 Å². The van der Waals surface area contributed by atoms with Gasteiger partial charge in [-0.15, -0.1) is 0 Å². The first-order valence-corrected chi connectivity index (χ1v) is 11.3. The molecule has 0 aliphatic rings. The smallest absolute Gasteiger partial charge is 0.275 e. The van der Waals surface area contributed by atoms with Crippen molar-refractivity contribution in [1.29, 1.82) is 0 Å². The minimum absolute atomic E-state index is 0.178. The molecule has 0 unspecified atom stereocenters. The molecule has 9 nitrogen and oxygen atoms in total. The van der Waals surface area contributed by atoms with E-state index in [1.807, 2.05) is 12.1 Å². The molecular weight excluding hydrogens is 460 g/mol. The van der Waals surface area contributed by atoms with E-state index in [1.54, 1.807) is 62.8 Å². The van der Waals surface area contributed by atoms with Crippen molar-refractivity contribution in [2.45, 2.75) is 13.3 Å². The van der Waals surface area contributed by atoms with E-state index < -0.39 is 5.56 Å². The fourth-order valence-corrected chi connectivity index (χ4v) is 3.87. The van der Waals surface area contributed by atoms with Gasteiger partial charge in [-0.1, -0.05) is 24.3 Å². The summed E-state index contributed by atoms with van der Waals surface area (Å²) < 4.78 is 10.6. The van der Waals surface area contributed by atoms with E-state index in [0.29, 0.717) is 52.3 Å². The largest absolute Gasteiger partial charge is 0.497 e. The number of aromatic amines is 1. The van der Waals surface area contributed by atoms with Crippen LogP contribution in [0.4, 0.5) is 5.69 Å². The van der Waals surface area contributed by atoms with Crippen LogP contribution in [0.25, 0.3) is 22.3 Å². The maximum atomic E-state index is 12.8. The van der Waals surface area contributed by atoms with Crippen molar-refractivity contribution in [3.05, 3.63) is 82.1 Å². The predicted molar refractivity (Wildman–Crippen MR) is 138 cm³/mol. The number of nitrogens with zero attached hydrogens (tertiary/aromatic N) is 1. The minimum Gasteiger partial charge on any atom is -0.497 e. The fraction of sp³-hybridized carbons (Fsp3) is 0.185. The molecule has 1 heterocycles. The van der Waals surface area contributed by atoms with Crippen LogP contribution < -0.4 is 25.7 Å². The number of methoxy groups -OCH3 is 2. The lowest BCUT2D eigenvalue weighted by Gasteiger charge is -2.11. The number of ether oxygens (including phenoxy) is 2. The van der Waals surface area contributed by atoms with Gasteiger partial charge in [-0.25, -0.2) is 4.98 Å².